The number of hydrogen-bond donors (Lipinski definition) is 0. The second-order valence-electron chi connectivity index (χ2n) is 19.2. The van der Waals surface area contributed by atoms with Crippen molar-refractivity contribution in [2.45, 2.75) is 78.1 Å². The van der Waals surface area contributed by atoms with Crippen molar-refractivity contribution in [3.63, 3.8) is 0 Å². The van der Waals surface area contributed by atoms with Crippen LogP contribution < -0.4 is 31.3 Å². The molecule has 5 heteroatoms. The van der Waals surface area contributed by atoms with Crippen LogP contribution in [0.25, 0.3) is 10.8 Å². The maximum atomic E-state index is 7.20. The molecule has 61 heavy (non-hydrogen) atoms. The first-order valence-electron chi connectivity index (χ1n) is 22.1. The number of furan rings is 1. The molecule has 3 heterocycles. The van der Waals surface area contributed by atoms with Crippen LogP contribution in [0.1, 0.15) is 76.8 Å². The molecule has 0 radical (unpaired) electrons. The molecule has 0 bridgehead atoms. The van der Waals surface area contributed by atoms with E-state index in [1.807, 2.05) is 0 Å². The fourth-order valence-electron chi connectivity index (χ4n) is 10.4. The smallest absolute Gasteiger partial charge is 0.297 e. The van der Waals surface area contributed by atoms with Gasteiger partial charge < -0.3 is 19.1 Å². The number of fused-ring (bicyclic) bond motifs is 7. The predicted molar refractivity (Wildman–Crippen MR) is 259 cm³/mol. The molecule has 0 saturated heterocycles. The lowest BCUT2D eigenvalue weighted by Crippen LogP contribution is -2.61. The van der Waals surface area contributed by atoms with E-state index < -0.39 is 0 Å². The van der Waals surface area contributed by atoms with Crippen LogP contribution in [0, 0.1) is 0 Å². The zero-order chi connectivity index (χ0) is 41.6. The zero-order valence-electron chi connectivity index (χ0n) is 36.2. The van der Waals surface area contributed by atoms with E-state index in [1.165, 1.54) is 67.6 Å². The standard InChI is InChI=1S/C56H52BN3O/c1-55(2,3)37-28-30-40(31-29-37)58(47-35-33-45(56(4,5)6)42-22-13-14-23-43(42)47)41-32-34-46-50(36-41)59(38-18-9-7-10-19-38)48-25-17-26-49-52(48)57(46)54-53(44-24-15-16-27-51(44)61-54)60(49)39-20-11-8-12-21-39/h7-14,17-23,25-26,28-36H,15-16,24,27H2,1-6H3. The molecule has 0 unspecified atom stereocenters. The summed E-state index contributed by atoms with van der Waals surface area (Å²) < 4.78 is 7.20. The second-order valence-corrected chi connectivity index (χ2v) is 19.2. The van der Waals surface area contributed by atoms with Gasteiger partial charge in [0.2, 0.25) is 0 Å². The van der Waals surface area contributed by atoms with Crippen molar-refractivity contribution < 1.29 is 4.42 Å². The summed E-state index contributed by atoms with van der Waals surface area (Å²) in [7, 11) is 0. The van der Waals surface area contributed by atoms with Gasteiger partial charge in [-0.2, -0.15) is 0 Å². The number of benzene rings is 7. The number of nitrogens with zero attached hydrogens (tertiary/aromatic N) is 3. The van der Waals surface area contributed by atoms with Crippen LogP contribution in [0.2, 0.25) is 0 Å². The average Bonchev–Trinajstić information content (AvgIpc) is 3.66. The quantitative estimate of drug-likeness (QED) is 0.162. The molecule has 8 aromatic rings. The zero-order valence-corrected chi connectivity index (χ0v) is 36.2. The van der Waals surface area contributed by atoms with Crippen molar-refractivity contribution in [1.29, 1.82) is 0 Å². The highest BCUT2D eigenvalue weighted by Crippen LogP contribution is 2.49. The molecule has 7 aromatic carbocycles. The van der Waals surface area contributed by atoms with Crippen molar-refractivity contribution in [2.75, 3.05) is 14.7 Å². The van der Waals surface area contributed by atoms with E-state index in [2.05, 4.69) is 214 Å². The lowest BCUT2D eigenvalue weighted by atomic mass is 9.35. The van der Waals surface area contributed by atoms with Crippen molar-refractivity contribution in [2.24, 2.45) is 0 Å². The van der Waals surface area contributed by atoms with E-state index >= 15 is 0 Å². The first-order valence-corrected chi connectivity index (χ1v) is 22.1. The van der Waals surface area contributed by atoms with E-state index in [-0.39, 0.29) is 17.5 Å². The number of aryl methyl sites for hydroxylation is 1. The number of para-hydroxylation sites is 2. The van der Waals surface area contributed by atoms with Crippen LogP contribution in [-0.2, 0) is 23.7 Å². The van der Waals surface area contributed by atoms with E-state index in [0.29, 0.717) is 0 Å². The normalized spacial score (nSPS) is 14.4. The summed E-state index contributed by atoms with van der Waals surface area (Å²) in [5, 5.41) is 2.52. The Labute approximate surface area is 361 Å². The van der Waals surface area contributed by atoms with Crippen LogP contribution in [0.5, 0.6) is 0 Å². The Kier molecular flexibility index (Phi) is 8.65. The van der Waals surface area contributed by atoms with E-state index in [0.717, 1.165) is 59.1 Å². The third kappa shape index (κ3) is 6.03. The van der Waals surface area contributed by atoms with E-state index in [9.17, 15) is 0 Å². The van der Waals surface area contributed by atoms with Gasteiger partial charge in [-0.25, -0.2) is 0 Å². The summed E-state index contributed by atoms with van der Waals surface area (Å²) >= 11 is 0. The summed E-state index contributed by atoms with van der Waals surface area (Å²) in [6.07, 6.45) is 4.35. The largest absolute Gasteiger partial charge is 0.473 e. The van der Waals surface area contributed by atoms with Crippen molar-refractivity contribution in [3.05, 3.63) is 180 Å². The number of rotatable bonds is 5. The molecule has 1 aromatic heterocycles. The minimum absolute atomic E-state index is 0.00835. The Morgan fingerprint density at radius 3 is 1.85 bits per heavy atom. The number of hydrogen-bond acceptors (Lipinski definition) is 4. The van der Waals surface area contributed by atoms with Crippen molar-refractivity contribution in [3.8, 4) is 0 Å². The highest BCUT2D eigenvalue weighted by Gasteiger charge is 2.47. The van der Waals surface area contributed by atoms with Crippen LogP contribution in [-0.4, -0.2) is 6.71 Å². The Hall–Kier alpha value is -6.46. The highest BCUT2D eigenvalue weighted by molar-refractivity contribution is 6.99. The summed E-state index contributed by atoms with van der Waals surface area (Å²) in [6.45, 7) is 13.7. The highest BCUT2D eigenvalue weighted by atomic mass is 16.3. The van der Waals surface area contributed by atoms with Crippen LogP contribution in [0.3, 0.4) is 0 Å². The van der Waals surface area contributed by atoms with Crippen molar-refractivity contribution in [1.82, 2.24) is 0 Å². The first kappa shape index (κ1) is 37.5. The summed E-state index contributed by atoms with van der Waals surface area (Å²) in [5.74, 6) is 1.16. The average molecular weight is 794 g/mol. The minimum Gasteiger partial charge on any atom is -0.473 e. The molecule has 0 saturated carbocycles. The molecule has 4 nitrogen and oxygen atoms in total. The molecule has 0 amide bonds. The van der Waals surface area contributed by atoms with Gasteiger partial charge in [-0.15, -0.1) is 0 Å². The van der Waals surface area contributed by atoms with Gasteiger partial charge in [0.1, 0.15) is 5.76 Å². The molecule has 11 rings (SSSR count). The molecule has 3 aliphatic rings. The summed E-state index contributed by atoms with van der Waals surface area (Å²) in [5.41, 5.74) is 18.2. The van der Waals surface area contributed by atoms with Gasteiger partial charge in [0.25, 0.3) is 6.71 Å². The third-order valence-corrected chi connectivity index (χ3v) is 13.3. The fraction of sp³-hybridized carbons (Fsp3) is 0.214. The first-order chi connectivity index (χ1) is 29.6. The van der Waals surface area contributed by atoms with Gasteiger partial charge in [-0.05, 0) is 124 Å². The Balaban J connectivity index is 1.18. The molecule has 0 N–H and O–H groups in total. The van der Waals surface area contributed by atoms with Gasteiger partial charge >= 0.3 is 0 Å². The second kappa shape index (κ2) is 14.1. The SMILES string of the molecule is CC(C)(C)c1ccc(N(c2ccc3c(c2)N(c2ccccc2)c2cccc4c2B3c2oc3c(c2N4c2ccccc2)CCCC3)c2ccc(C(C)(C)C)c3ccccc23)cc1. The minimum atomic E-state index is -0.0674. The molecule has 0 atom stereocenters. The predicted octanol–water partition coefficient (Wildman–Crippen LogP) is 13.5. The van der Waals surface area contributed by atoms with Crippen LogP contribution >= 0.6 is 0 Å². The Morgan fingerprint density at radius 2 is 1.16 bits per heavy atom. The summed E-state index contributed by atoms with van der Waals surface area (Å²) in [6, 6.07) is 58.7. The third-order valence-electron chi connectivity index (χ3n) is 13.3. The molecule has 2 aliphatic heterocycles. The van der Waals surface area contributed by atoms with Gasteiger partial charge in [-0.3, -0.25) is 0 Å². The molecule has 1 aliphatic carbocycles. The lowest BCUT2D eigenvalue weighted by Gasteiger charge is -2.43. The van der Waals surface area contributed by atoms with Crippen LogP contribution in [0.15, 0.2) is 162 Å². The van der Waals surface area contributed by atoms with Gasteiger partial charge in [-0.1, -0.05) is 133 Å². The molecule has 300 valence electrons. The maximum absolute atomic E-state index is 7.20. The summed E-state index contributed by atoms with van der Waals surface area (Å²) in [4.78, 5) is 7.47. The Morgan fingerprint density at radius 1 is 0.541 bits per heavy atom. The van der Waals surface area contributed by atoms with Gasteiger partial charge in [0, 0.05) is 57.2 Å². The fourth-order valence-corrected chi connectivity index (χ4v) is 10.4. The number of anilines is 9. The van der Waals surface area contributed by atoms with E-state index in [1.54, 1.807) is 0 Å². The monoisotopic (exact) mass is 793 g/mol. The van der Waals surface area contributed by atoms with Crippen molar-refractivity contribution >= 4 is 85.3 Å². The molecular formula is C56H52BN3O. The lowest BCUT2D eigenvalue weighted by molar-refractivity contribution is 0.497. The van der Waals surface area contributed by atoms with Gasteiger partial charge in [0.05, 0.1) is 17.0 Å². The van der Waals surface area contributed by atoms with E-state index in [4.69, 9.17) is 4.42 Å². The molecule has 0 spiro atoms. The Bertz CT molecular complexity index is 2960. The van der Waals surface area contributed by atoms with Crippen LogP contribution in [0.4, 0.5) is 51.2 Å². The van der Waals surface area contributed by atoms with Gasteiger partial charge in [0.15, 0.2) is 0 Å². The maximum Gasteiger partial charge on any atom is 0.297 e. The topological polar surface area (TPSA) is 22.9 Å². The molecular weight excluding hydrogens is 741 g/mol. The molecule has 0 fully saturated rings.